The van der Waals surface area contributed by atoms with E-state index < -0.39 is 23.7 Å². The van der Waals surface area contributed by atoms with Crippen molar-refractivity contribution in [3.8, 4) is 0 Å². The van der Waals surface area contributed by atoms with Crippen LogP contribution in [0.3, 0.4) is 0 Å². The van der Waals surface area contributed by atoms with Crippen molar-refractivity contribution in [3.63, 3.8) is 0 Å². The molecule has 3 nitrogen and oxygen atoms in total. The van der Waals surface area contributed by atoms with Gasteiger partial charge in [-0.3, -0.25) is 0 Å². The first-order valence-corrected chi connectivity index (χ1v) is 5.04. The summed E-state index contributed by atoms with van der Waals surface area (Å²) in [6.45, 7) is 0. The largest absolute Gasteiger partial charge is 0.464 e. The van der Waals surface area contributed by atoms with Crippen LogP contribution < -0.4 is 0 Å². The van der Waals surface area contributed by atoms with Crippen LogP contribution in [-0.2, 0) is 10.6 Å². The van der Waals surface area contributed by atoms with E-state index in [9.17, 15) is 13.6 Å². The molecule has 0 aliphatic carbocycles. The molecule has 0 N–H and O–H groups in total. The molecule has 0 aliphatic heterocycles. The van der Waals surface area contributed by atoms with Crippen molar-refractivity contribution in [2.45, 2.75) is 12.3 Å². The van der Waals surface area contributed by atoms with Crippen LogP contribution in [0.25, 0.3) is 0 Å². The number of esters is 1. The molecule has 1 heterocycles. The van der Waals surface area contributed by atoms with Gasteiger partial charge in [0.2, 0.25) is 0 Å². The summed E-state index contributed by atoms with van der Waals surface area (Å²) in [5.74, 6) is -1.02. The molecule has 0 aromatic carbocycles. The Morgan fingerprint density at radius 2 is 2.25 bits per heavy atom. The number of carbonyl (C=O) groups is 1. The predicted molar refractivity (Wildman–Crippen MR) is 55.1 cm³/mol. The number of methoxy groups -OCH3 is 1. The molecule has 0 spiro atoms. The maximum atomic E-state index is 12.6. The van der Waals surface area contributed by atoms with E-state index in [1.165, 1.54) is 0 Å². The van der Waals surface area contributed by atoms with E-state index in [0.717, 1.165) is 13.2 Å². The van der Waals surface area contributed by atoms with Gasteiger partial charge in [0.05, 0.1) is 29.3 Å². The molecule has 0 bridgehead atoms. The van der Waals surface area contributed by atoms with Gasteiger partial charge in [-0.2, -0.15) is 0 Å². The second-order valence-corrected chi connectivity index (χ2v) is 3.46. The summed E-state index contributed by atoms with van der Waals surface area (Å²) in [5, 5.41) is -0.00190. The SMILES string of the molecule is COC(=O)c1nc(CCl)c(Cl)cc1C(F)F. The van der Waals surface area contributed by atoms with Gasteiger partial charge < -0.3 is 4.74 Å². The van der Waals surface area contributed by atoms with Gasteiger partial charge in [0.15, 0.2) is 5.69 Å². The second-order valence-electron chi connectivity index (χ2n) is 2.78. The normalized spacial score (nSPS) is 10.6. The number of rotatable bonds is 3. The summed E-state index contributed by atoms with van der Waals surface area (Å²) in [4.78, 5) is 14.9. The van der Waals surface area contributed by atoms with Crippen LogP contribution in [0, 0.1) is 0 Å². The van der Waals surface area contributed by atoms with Gasteiger partial charge in [0.1, 0.15) is 0 Å². The molecule has 0 radical (unpaired) electrons. The minimum atomic E-state index is -2.86. The van der Waals surface area contributed by atoms with Crippen molar-refractivity contribution < 1.29 is 18.3 Å². The van der Waals surface area contributed by atoms with E-state index >= 15 is 0 Å². The number of hydrogen-bond donors (Lipinski definition) is 0. The Kier molecular flexibility index (Phi) is 4.44. The molecular weight excluding hydrogens is 263 g/mol. The molecule has 0 amide bonds. The number of hydrogen-bond acceptors (Lipinski definition) is 3. The fourth-order valence-electron chi connectivity index (χ4n) is 1.06. The van der Waals surface area contributed by atoms with Crippen LogP contribution >= 0.6 is 23.2 Å². The van der Waals surface area contributed by atoms with Crippen molar-refractivity contribution in [2.24, 2.45) is 0 Å². The van der Waals surface area contributed by atoms with Crippen LogP contribution in [0.4, 0.5) is 8.78 Å². The van der Waals surface area contributed by atoms with Crippen molar-refractivity contribution in [1.82, 2.24) is 4.98 Å². The molecule has 0 aliphatic rings. The van der Waals surface area contributed by atoms with E-state index in [1.54, 1.807) is 0 Å². The molecule has 0 saturated heterocycles. The Hall–Kier alpha value is -0.940. The Morgan fingerprint density at radius 1 is 1.62 bits per heavy atom. The van der Waals surface area contributed by atoms with E-state index in [2.05, 4.69) is 9.72 Å². The monoisotopic (exact) mass is 269 g/mol. The summed E-state index contributed by atoms with van der Waals surface area (Å²) >= 11 is 11.2. The quantitative estimate of drug-likeness (QED) is 0.625. The van der Waals surface area contributed by atoms with E-state index in [1.807, 2.05) is 0 Å². The van der Waals surface area contributed by atoms with Gasteiger partial charge in [-0.05, 0) is 6.07 Å². The van der Waals surface area contributed by atoms with Gasteiger partial charge in [-0.15, -0.1) is 11.6 Å². The number of halogens is 4. The summed E-state index contributed by atoms with van der Waals surface area (Å²) in [5.41, 5.74) is -0.864. The molecule has 1 rings (SSSR count). The molecule has 1 aromatic heterocycles. The lowest BCUT2D eigenvalue weighted by atomic mass is 10.2. The molecule has 1 aromatic rings. The molecule has 7 heteroatoms. The molecular formula is C9H7Cl2F2NO2. The highest BCUT2D eigenvalue weighted by Crippen LogP contribution is 2.27. The molecule has 88 valence electrons. The standard InChI is InChI=1S/C9H7Cl2F2NO2/c1-16-9(15)7-4(8(12)13)2-5(11)6(3-10)14-7/h2,8H,3H2,1H3. The summed E-state index contributed by atoms with van der Waals surface area (Å²) < 4.78 is 29.5. The predicted octanol–water partition coefficient (Wildman–Crippen LogP) is 3.20. The zero-order valence-corrected chi connectivity index (χ0v) is 9.65. The maximum absolute atomic E-state index is 12.6. The molecule has 0 saturated carbocycles. The number of ether oxygens (including phenoxy) is 1. The first-order chi connectivity index (χ1) is 7.51. The third-order valence-corrected chi connectivity index (χ3v) is 2.40. The minimum Gasteiger partial charge on any atom is -0.464 e. The average Bonchev–Trinajstić information content (AvgIpc) is 2.27. The zero-order valence-electron chi connectivity index (χ0n) is 8.14. The highest BCUT2D eigenvalue weighted by molar-refractivity contribution is 6.32. The average molecular weight is 270 g/mol. The van der Waals surface area contributed by atoms with E-state index in [4.69, 9.17) is 23.2 Å². The van der Waals surface area contributed by atoms with Crippen molar-refractivity contribution >= 4 is 29.2 Å². The van der Waals surface area contributed by atoms with Crippen LogP contribution in [0.1, 0.15) is 28.2 Å². The van der Waals surface area contributed by atoms with Crippen molar-refractivity contribution in [3.05, 3.63) is 28.0 Å². The third kappa shape index (κ3) is 2.59. The van der Waals surface area contributed by atoms with Gasteiger partial charge in [0, 0.05) is 0 Å². The Morgan fingerprint density at radius 3 is 2.69 bits per heavy atom. The summed E-state index contributed by atoms with van der Waals surface area (Å²) in [6, 6.07) is 0.975. The van der Waals surface area contributed by atoms with Crippen LogP contribution in [-0.4, -0.2) is 18.1 Å². The minimum absolute atomic E-state index is 0.00190. The summed E-state index contributed by atoms with van der Waals surface area (Å²) in [7, 11) is 1.08. The van der Waals surface area contributed by atoms with Crippen LogP contribution in [0.2, 0.25) is 5.02 Å². The first kappa shape index (κ1) is 13.1. The zero-order chi connectivity index (χ0) is 12.3. The van der Waals surface area contributed by atoms with Gasteiger partial charge in [-0.1, -0.05) is 11.6 Å². The second kappa shape index (κ2) is 5.41. The lowest BCUT2D eigenvalue weighted by Gasteiger charge is -2.09. The highest BCUT2D eigenvalue weighted by atomic mass is 35.5. The molecule has 16 heavy (non-hydrogen) atoms. The first-order valence-electron chi connectivity index (χ1n) is 4.13. The van der Waals surface area contributed by atoms with Crippen LogP contribution in [0.15, 0.2) is 6.07 Å². The van der Waals surface area contributed by atoms with Gasteiger partial charge in [-0.25, -0.2) is 18.6 Å². The van der Waals surface area contributed by atoms with Crippen LogP contribution in [0.5, 0.6) is 0 Å². The molecule has 0 fully saturated rings. The fourth-order valence-corrected chi connectivity index (χ4v) is 1.56. The number of carbonyl (C=O) groups excluding carboxylic acids is 1. The lowest BCUT2D eigenvalue weighted by molar-refractivity contribution is 0.0581. The number of aromatic nitrogens is 1. The molecule has 0 unspecified atom stereocenters. The molecule has 0 atom stereocenters. The maximum Gasteiger partial charge on any atom is 0.357 e. The van der Waals surface area contributed by atoms with Gasteiger partial charge in [0.25, 0.3) is 6.43 Å². The van der Waals surface area contributed by atoms with Crippen molar-refractivity contribution in [1.29, 1.82) is 0 Å². The Balaban J connectivity index is 3.36. The number of pyridine rings is 1. The number of nitrogens with zero attached hydrogens (tertiary/aromatic N) is 1. The number of alkyl halides is 3. The van der Waals surface area contributed by atoms with E-state index in [-0.39, 0.29) is 16.6 Å². The topological polar surface area (TPSA) is 39.2 Å². The Bertz CT molecular complexity index is 413. The van der Waals surface area contributed by atoms with Crippen molar-refractivity contribution in [2.75, 3.05) is 7.11 Å². The fraction of sp³-hybridized carbons (Fsp3) is 0.333. The van der Waals surface area contributed by atoms with E-state index in [0.29, 0.717) is 0 Å². The smallest absolute Gasteiger partial charge is 0.357 e. The highest BCUT2D eigenvalue weighted by Gasteiger charge is 2.22. The third-order valence-electron chi connectivity index (χ3n) is 1.82. The Labute approximate surface area is 100 Å². The lowest BCUT2D eigenvalue weighted by Crippen LogP contribution is -2.11. The van der Waals surface area contributed by atoms with Gasteiger partial charge >= 0.3 is 5.97 Å². The summed E-state index contributed by atoms with van der Waals surface area (Å²) in [6.07, 6.45) is -2.86.